The molecule has 7 nitrogen and oxygen atoms in total. The van der Waals surface area contributed by atoms with Gasteiger partial charge in [0, 0.05) is 5.69 Å². The number of amides is 1. The van der Waals surface area contributed by atoms with Crippen molar-refractivity contribution in [1.29, 1.82) is 0 Å². The van der Waals surface area contributed by atoms with Gasteiger partial charge in [-0.15, -0.1) is 0 Å². The van der Waals surface area contributed by atoms with E-state index in [1.54, 1.807) is 0 Å². The van der Waals surface area contributed by atoms with E-state index >= 15 is 0 Å². The van der Waals surface area contributed by atoms with Crippen molar-refractivity contribution in [2.24, 2.45) is 11.1 Å². The van der Waals surface area contributed by atoms with Crippen LogP contribution in [0.15, 0.2) is 59.5 Å². The van der Waals surface area contributed by atoms with Gasteiger partial charge >= 0.3 is 5.97 Å². The highest BCUT2D eigenvalue weighted by Gasteiger charge is 2.27. The molecule has 2 aromatic rings. The van der Waals surface area contributed by atoms with Gasteiger partial charge in [0.05, 0.1) is 10.8 Å². The molecule has 0 fully saturated rings. The van der Waals surface area contributed by atoms with Gasteiger partial charge in [-0.25, -0.2) is 13.6 Å². The van der Waals surface area contributed by atoms with E-state index in [1.165, 1.54) is 24.3 Å². The summed E-state index contributed by atoms with van der Waals surface area (Å²) in [6.45, 7) is 3.52. The summed E-state index contributed by atoms with van der Waals surface area (Å²) < 4.78 is 27.7. The number of hydrogen-bond donors (Lipinski definition) is 2. The monoisotopic (exact) mass is 404 g/mol. The van der Waals surface area contributed by atoms with Crippen molar-refractivity contribution in [3.05, 3.63) is 60.2 Å². The summed E-state index contributed by atoms with van der Waals surface area (Å²) in [4.78, 5) is 24.6. The Labute approximate surface area is 164 Å². The number of sulfonamides is 1. The Kier molecular flexibility index (Phi) is 7.31. The smallest absolute Gasteiger partial charge is 0.314 e. The van der Waals surface area contributed by atoms with E-state index in [0.717, 1.165) is 12.0 Å². The molecule has 0 bridgehead atoms. The van der Waals surface area contributed by atoms with Crippen molar-refractivity contribution in [3.8, 4) is 0 Å². The van der Waals surface area contributed by atoms with Crippen molar-refractivity contribution in [2.75, 3.05) is 11.9 Å². The molecule has 28 heavy (non-hydrogen) atoms. The fraction of sp³-hybridized carbons (Fsp3) is 0.300. The van der Waals surface area contributed by atoms with Gasteiger partial charge in [-0.3, -0.25) is 9.59 Å². The zero-order valence-electron chi connectivity index (χ0n) is 15.8. The third-order valence-electron chi connectivity index (χ3n) is 4.44. The summed E-state index contributed by atoms with van der Waals surface area (Å²) >= 11 is 0. The Balaban J connectivity index is 1.97. The number of esters is 1. The molecule has 2 rings (SSSR count). The largest absolute Gasteiger partial charge is 0.455 e. The Morgan fingerprint density at radius 1 is 1.07 bits per heavy atom. The molecule has 0 unspecified atom stereocenters. The minimum absolute atomic E-state index is 0.0590. The van der Waals surface area contributed by atoms with Crippen LogP contribution in [0, 0.1) is 5.92 Å². The van der Waals surface area contributed by atoms with Crippen LogP contribution >= 0.6 is 0 Å². The molecule has 0 saturated carbocycles. The normalized spacial score (nSPS) is 13.4. The van der Waals surface area contributed by atoms with Gasteiger partial charge in [0.2, 0.25) is 10.0 Å². The van der Waals surface area contributed by atoms with Gasteiger partial charge in [0.25, 0.3) is 5.91 Å². The highest BCUT2D eigenvalue weighted by molar-refractivity contribution is 7.89. The fourth-order valence-corrected chi connectivity index (χ4v) is 3.26. The van der Waals surface area contributed by atoms with E-state index in [2.05, 4.69) is 5.32 Å². The first-order chi connectivity index (χ1) is 13.2. The number of nitrogens with two attached hydrogens (primary N) is 1. The van der Waals surface area contributed by atoms with Crippen LogP contribution < -0.4 is 10.5 Å². The van der Waals surface area contributed by atoms with Crippen molar-refractivity contribution in [3.63, 3.8) is 0 Å². The van der Waals surface area contributed by atoms with Crippen molar-refractivity contribution < 1.29 is 22.7 Å². The van der Waals surface area contributed by atoms with Crippen LogP contribution in [0.2, 0.25) is 0 Å². The molecule has 0 aliphatic heterocycles. The summed E-state index contributed by atoms with van der Waals surface area (Å²) in [6.07, 6.45) is 0.789. The average molecular weight is 404 g/mol. The zero-order valence-corrected chi connectivity index (χ0v) is 16.6. The van der Waals surface area contributed by atoms with Gasteiger partial charge in [0.1, 0.15) is 0 Å². The van der Waals surface area contributed by atoms with Gasteiger partial charge in [-0.05, 0) is 35.7 Å². The van der Waals surface area contributed by atoms with Crippen LogP contribution in [-0.4, -0.2) is 26.9 Å². The first-order valence-corrected chi connectivity index (χ1v) is 10.4. The van der Waals surface area contributed by atoms with Gasteiger partial charge in [-0.1, -0.05) is 50.6 Å². The molecule has 2 aromatic carbocycles. The molecule has 0 radical (unpaired) electrons. The standard InChI is InChI=1S/C20H24N2O5S/c1-3-14(2)19(15-7-5-4-6-8-15)20(24)27-13-18(23)22-16-9-11-17(12-10-16)28(21,25)26/h4-12,14,19H,3,13H2,1-2H3,(H,22,23)(H2,21,25,26)/t14-,19+/m1/s1. The number of rotatable bonds is 8. The molecule has 0 aromatic heterocycles. The summed E-state index contributed by atoms with van der Waals surface area (Å²) in [5, 5.41) is 7.57. The minimum Gasteiger partial charge on any atom is -0.455 e. The maximum Gasteiger partial charge on any atom is 0.314 e. The second-order valence-electron chi connectivity index (χ2n) is 6.50. The van der Waals surface area contributed by atoms with Crippen LogP contribution in [0.3, 0.4) is 0 Å². The third-order valence-corrected chi connectivity index (χ3v) is 5.37. The number of carbonyl (C=O) groups excluding carboxylic acids is 2. The number of benzene rings is 2. The van der Waals surface area contributed by atoms with Crippen molar-refractivity contribution in [2.45, 2.75) is 31.1 Å². The second kappa shape index (κ2) is 9.48. The fourth-order valence-electron chi connectivity index (χ4n) is 2.74. The first-order valence-electron chi connectivity index (χ1n) is 8.86. The van der Waals surface area contributed by atoms with Crippen LogP contribution in [0.1, 0.15) is 31.7 Å². The van der Waals surface area contributed by atoms with E-state index in [4.69, 9.17) is 9.88 Å². The lowest BCUT2D eigenvalue weighted by Gasteiger charge is -2.21. The van der Waals surface area contributed by atoms with Gasteiger partial charge in [-0.2, -0.15) is 0 Å². The predicted octanol–water partition coefficient (Wildman–Crippen LogP) is 2.65. The summed E-state index contributed by atoms with van der Waals surface area (Å²) in [7, 11) is -3.80. The maximum atomic E-state index is 12.6. The molecule has 0 aliphatic rings. The number of primary sulfonamides is 1. The van der Waals surface area contributed by atoms with E-state index in [-0.39, 0.29) is 10.8 Å². The number of anilines is 1. The minimum atomic E-state index is -3.80. The molecule has 150 valence electrons. The van der Waals surface area contributed by atoms with E-state index in [0.29, 0.717) is 5.69 Å². The number of ether oxygens (including phenoxy) is 1. The molecule has 2 atom stereocenters. The van der Waals surface area contributed by atoms with Gasteiger partial charge in [0.15, 0.2) is 6.61 Å². The molecule has 0 aliphatic carbocycles. The van der Waals surface area contributed by atoms with Crippen molar-refractivity contribution >= 4 is 27.6 Å². The number of nitrogens with one attached hydrogen (secondary N) is 1. The summed E-state index contributed by atoms with van der Waals surface area (Å²) in [5.74, 6) is -1.37. The van der Waals surface area contributed by atoms with Gasteiger partial charge < -0.3 is 10.1 Å². The lowest BCUT2D eigenvalue weighted by atomic mass is 9.86. The van der Waals surface area contributed by atoms with Crippen LogP contribution in [0.4, 0.5) is 5.69 Å². The molecular weight excluding hydrogens is 380 g/mol. The molecule has 0 saturated heterocycles. The highest BCUT2D eigenvalue weighted by atomic mass is 32.2. The van der Waals surface area contributed by atoms with E-state index in [9.17, 15) is 18.0 Å². The summed E-state index contributed by atoms with van der Waals surface area (Å²) in [6, 6.07) is 14.7. The Morgan fingerprint density at radius 2 is 1.68 bits per heavy atom. The highest BCUT2D eigenvalue weighted by Crippen LogP contribution is 2.28. The molecule has 3 N–H and O–H groups in total. The quantitative estimate of drug-likeness (QED) is 0.656. The lowest BCUT2D eigenvalue weighted by molar-refractivity contribution is -0.150. The molecule has 0 spiro atoms. The van der Waals surface area contributed by atoms with Crippen molar-refractivity contribution in [1.82, 2.24) is 0 Å². The molecular formula is C20H24N2O5S. The topological polar surface area (TPSA) is 116 Å². The second-order valence-corrected chi connectivity index (χ2v) is 8.06. The molecule has 1 amide bonds. The summed E-state index contributed by atoms with van der Waals surface area (Å²) in [5.41, 5.74) is 1.22. The Morgan fingerprint density at radius 3 is 2.21 bits per heavy atom. The lowest BCUT2D eigenvalue weighted by Crippen LogP contribution is -2.27. The number of carbonyl (C=O) groups is 2. The van der Waals surface area contributed by atoms with E-state index in [1.807, 2.05) is 44.2 Å². The molecule has 0 heterocycles. The van der Waals surface area contributed by atoms with Crippen LogP contribution in [0.5, 0.6) is 0 Å². The zero-order chi connectivity index (χ0) is 20.7. The third kappa shape index (κ3) is 5.90. The maximum absolute atomic E-state index is 12.6. The number of hydrogen-bond acceptors (Lipinski definition) is 5. The van der Waals surface area contributed by atoms with E-state index < -0.39 is 34.4 Å². The predicted molar refractivity (Wildman–Crippen MR) is 106 cm³/mol. The Hall–Kier alpha value is -2.71. The first kappa shape index (κ1) is 21.6. The van der Waals surface area contributed by atoms with Crippen LogP contribution in [-0.2, 0) is 24.3 Å². The molecule has 8 heteroatoms. The Bertz CT molecular complexity index is 911. The average Bonchev–Trinajstić information content (AvgIpc) is 2.67. The SMILES string of the molecule is CC[C@@H](C)[C@H](C(=O)OCC(=O)Nc1ccc(S(N)(=O)=O)cc1)c1ccccc1. The van der Waals surface area contributed by atoms with Crippen LogP contribution in [0.25, 0.3) is 0 Å².